The van der Waals surface area contributed by atoms with Crippen molar-refractivity contribution in [3.8, 4) is 0 Å². The standard InChI is InChI=1S/C20H27N3OS/c1-22(14-18-4-2-3-8-21-18)19-12-20(24-15-19)6-9-23(10-7-20)13-17-5-11-25-16-17/h2-5,8,11,16,19H,6-7,9-10,12-15H2,1H3. The summed E-state index contributed by atoms with van der Waals surface area (Å²) in [6, 6.07) is 8.88. The van der Waals surface area contributed by atoms with Gasteiger partial charge in [0.05, 0.1) is 17.9 Å². The third-order valence-electron chi connectivity index (χ3n) is 5.70. The maximum atomic E-state index is 6.35. The van der Waals surface area contributed by atoms with Crippen molar-refractivity contribution < 1.29 is 4.74 Å². The number of rotatable bonds is 5. The summed E-state index contributed by atoms with van der Waals surface area (Å²) in [6.07, 6.45) is 5.35. The Hall–Kier alpha value is -1.27. The summed E-state index contributed by atoms with van der Waals surface area (Å²) in [5.74, 6) is 0. The molecular weight excluding hydrogens is 330 g/mol. The van der Waals surface area contributed by atoms with Crippen molar-refractivity contribution in [3.05, 3.63) is 52.5 Å². The molecule has 2 aromatic rings. The SMILES string of the molecule is CN(Cc1ccccn1)C1COC2(CCN(Cc3ccsc3)CC2)C1. The van der Waals surface area contributed by atoms with Gasteiger partial charge < -0.3 is 4.74 Å². The number of aromatic nitrogens is 1. The fourth-order valence-electron chi connectivity index (χ4n) is 4.09. The number of hydrogen-bond donors (Lipinski definition) is 0. The van der Waals surface area contributed by atoms with Gasteiger partial charge in [-0.3, -0.25) is 14.8 Å². The number of likely N-dealkylation sites (tertiary alicyclic amines) is 1. The summed E-state index contributed by atoms with van der Waals surface area (Å²) >= 11 is 1.79. The highest BCUT2D eigenvalue weighted by Gasteiger charge is 2.43. The molecular formula is C20H27N3OS. The summed E-state index contributed by atoms with van der Waals surface area (Å²) in [6.45, 7) is 5.13. The van der Waals surface area contributed by atoms with Crippen molar-refractivity contribution in [3.63, 3.8) is 0 Å². The molecule has 0 N–H and O–H groups in total. The van der Waals surface area contributed by atoms with Gasteiger partial charge in [-0.1, -0.05) is 6.07 Å². The molecule has 25 heavy (non-hydrogen) atoms. The van der Waals surface area contributed by atoms with Gasteiger partial charge in [-0.25, -0.2) is 0 Å². The number of nitrogens with zero attached hydrogens (tertiary/aromatic N) is 3. The monoisotopic (exact) mass is 357 g/mol. The van der Waals surface area contributed by atoms with Gasteiger partial charge in [0.15, 0.2) is 0 Å². The number of thiophene rings is 1. The van der Waals surface area contributed by atoms with Crippen LogP contribution in [0.25, 0.3) is 0 Å². The molecule has 1 atom stereocenters. The van der Waals surface area contributed by atoms with Crippen molar-refractivity contribution in [1.29, 1.82) is 0 Å². The maximum absolute atomic E-state index is 6.35. The van der Waals surface area contributed by atoms with Crippen LogP contribution in [0.1, 0.15) is 30.5 Å². The van der Waals surface area contributed by atoms with Crippen molar-refractivity contribution >= 4 is 11.3 Å². The van der Waals surface area contributed by atoms with Gasteiger partial charge in [0.1, 0.15) is 0 Å². The van der Waals surface area contributed by atoms with Gasteiger partial charge in [0.2, 0.25) is 0 Å². The second-order valence-corrected chi connectivity index (χ2v) is 8.28. The van der Waals surface area contributed by atoms with E-state index in [-0.39, 0.29) is 5.60 Å². The Morgan fingerprint density at radius 3 is 2.92 bits per heavy atom. The van der Waals surface area contributed by atoms with Crippen LogP contribution in [0.5, 0.6) is 0 Å². The summed E-state index contributed by atoms with van der Waals surface area (Å²) in [5, 5.41) is 4.43. The van der Waals surface area contributed by atoms with Crippen molar-refractivity contribution in [2.75, 3.05) is 26.7 Å². The number of piperidine rings is 1. The van der Waals surface area contributed by atoms with Crippen LogP contribution in [0.3, 0.4) is 0 Å². The first-order valence-corrected chi connectivity index (χ1v) is 10.1. The normalized spacial score (nSPS) is 23.5. The molecule has 0 amide bonds. The van der Waals surface area contributed by atoms with Crippen molar-refractivity contribution in [2.45, 2.75) is 44.0 Å². The first-order chi connectivity index (χ1) is 12.2. The molecule has 2 saturated heterocycles. The summed E-state index contributed by atoms with van der Waals surface area (Å²) < 4.78 is 6.35. The molecule has 2 aromatic heterocycles. The molecule has 4 rings (SSSR count). The highest BCUT2D eigenvalue weighted by molar-refractivity contribution is 7.07. The molecule has 4 nitrogen and oxygen atoms in total. The van der Waals surface area contributed by atoms with Crippen molar-refractivity contribution in [2.24, 2.45) is 0 Å². The lowest BCUT2D eigenvalue weighted by atomic mass is 9.87. The van der Waals surface area contributed by atoms with Gasteiger partial charge in [-0.2, -0.15) is 11.3 Å². The van der Waals surface area contributed by atoms with Crippen LogP contribution in [-0.2, 0) is 17.8 Å². The van der Waals surface area contributed by atoms with E-state index in [2.05, 4.69) is 50.8 Å². The molecule has 2 aliphatic rings. The average Bonchev–Trinajstić information content (AvgIpc) is 3.29. The van der Waals surface area contributed by atoms with Crippen LogP contribution >= 0.6 is 11.3 Å². The minimum absolute atomic E-state index is 0.105. The van der Waals surface area contributed by atoms with Crippen LogP contribution in [0, 0.1) is 0 Å². The lowest BCUT2D eigenvalue weighted by Crippen LogP contribution is -2.44. The van der Waals surface area contributed by atoms with Gasteiger partial charge in [-0.05, 0) is 60.8 Å². The molecule has 2 aliphatic heterocycles. The Kier molecular flexibility index (Phi) is 5.17. The van der Waals surface area contributed by atoms with E-state index in [1.807, 2.05) is 12.3 Å². The molecule has 1 unspecified atom stereocenters. The molecule has 134 valence electrons. The number of pyridine rings is 1. The van der Waals surface area contributed by atoms with E-state index < -0.39 is 0 Å². The Bertz CT molecular complexity index is 653. The fraction of sp³-hybridized carbons (Fsp3) is 0.550. The molecule has 0 radical (unpaired) electrons. The lowest BCUT2D eigenvalue weighted by Gasteiger charge is -2.39. The first kappa shape index (κ1) is 17.2. The average molecular weight is 358 g/mol. The van der Waals surface area contributed by atoms with Crippen LogP contribution in [0.2, 0.25) is 0 Å². The number of ether oxygens (including phenoxy) is 1. The number of hydrogen-bond acceptors (Lipinski definition) is 5. The van der Waals surface area contributed by atoms with E-state index in [1.165, 1.54) is 5.56 Å². The Morgan fingerprint density at radius 2 is 2.20 bits per heavy atom. The Labute approximate surface area is 154 Å². The third kappa shape index (κ3) is 4.11. The minimum atomic E-state index is 0.105. The molecule has 1 spiro atoms. The van der Waals surface area contributed by atoms with Crippen LogP contribution in [0.4, 0.5) is 0 Å². The molecule has 0 aliphatic carbocycles. The minimum Gasteiger partial charge on any atom is -0.373 e. The second-order valence-electron chi connectivity index (χ2n) is 7.50. The van der Waals surface area contributed by atoms with Gasteiger partial charge >= 0.3 is 0 Å². The molecule has 0 aromatic carbocycles. The molecule has 2 fully saturated rings. The van der Waals surface area contributed by atoms with E-state index in [9.17, 15) is 0 Å². The largest absolute Gasteiger partial charge is 0.373 e. The van der Waals surface area contributed by atoms with Gasteiger partial charge in [-0.15, -0.1) is 0 Å². The second kappa shape index (κ2) is 7.54. The summed E-state index contributed by atoms with van der Waals surface area (Å²) in [4.78, 5) is 9.43. The first-order valence-electron chi connectivity index (χ1n) is 9.20. The quantitative estimate of drug-likeness (QED) is 0.820. The Morgan fingerprint density at radius 1 is 1.32 bits per heavy atom. The van der Waals surface area contributed by atoms with Gasteiger partial charge in [0, 0.05) is 38.4 Å². The van der Waals surface area contributed by atoms with E-state index in [4.69, 9.17) is 4.74 Å². The maximum Gasteiger partial charge on any atom is 0.0723 e. The Balaban J connectivity index is 1.28. The van der Waals surface area contributed by atoms with Crippen LogP contribution in [0.15, 0.2) is 41.2 Å². The predicted molar refractivity (Wildman–Crippen MR) is 102 cm³/mol. The van der Waals surface area contributed by atoms with Gasteiger partial charge in [0.25, 0.3) is 0 Å². The zero-order valence-corrected chi connectivity index (χ0v) is 15.8. The molecule has 4 heterocycles. The number of likely N-dealkylation sites (N-methyl/N-ethyl adjacent to an activating group) is 1. The predicted octanol–water partition coefficient (Wildman–Crippen LogP) is 3.40. The molecule has 5 heteroatoms. The van der Waals surface area contributed by atoms with Crippen LogP contribution < -0.4 is 0 Å². The fourth-order valence-corrected chi connectivity index (χ4v) is 4.75. The highest BCUT2D eigenvalue weighted by atomic mass is 32.1. The van der Waals surface area contributed by atoms with E-state index in [0.29, 0.717) is 6.04 Å². The summed E-state index contributed by atoms with van der Waals surface area (Å²) in [7, 11) is 2.20. The van der Waals surface area contributed by atoms with E-state index in [0.717, 1.165) is 57.7 Å². The summed E-state index contributed by atoms with van der Waals surface area (Å²) in [5.41, 5.74) is 2.69. The zero-order chi connectivity index (χ0) is 17.1. The van der Waals surface area contributed by atoms with E-state index in [1.54, 1.807) is 11.3 Å². The molecule has 0 saturated carbocycles. The lowest BCUT2D eigenvalue weighted by molar-refractivity contribution is -0.0452. The molecule has 0 bridgehead atoms. The highest BCUT2D eigenvalue weighted by Crippen LogP contribution is 2.38. The van der Waals surface area contributed by atoms with Crippen LogP contribution in [-0.4, -0.2) is 53.2 Å². The topological polar surface area (TPSA) is 28.6 Å². The third-order valence-corrected chi connectivity index (χ3v) is 6.44. The smallest absolute Gasteiger partial charge is 0.0723 e. The van der Waals surface area contributed by atoms with Crippen molar-refractivity contribution in [1.82, 2.24) is 14.8 Å². The van der Waals surface area contributed by atoms with E-state index >= 15 is 0 Å². The zero-order valence-electron chi connectivity index (χ0n) is 14.9.